The minimum absolute atomic E-state index is 0.0365. The van der Waals surface area contributed by atoms with Gasteiger partial charge in [-0.05, 0) is 43.9 Å². The van der Waals surface area contributed by atoms with Gasteiger partial charge < -0.3 is 14.8 Å². The van der Waals surface area contributed by atoms with Gasteiger partial charge in [0.25, 0.3) is 0 Å². The van der Waals surface area contributed by atoms with E-state index in [0.717, 1.165) is 32.1 Å². The lowest BCUT2D eigenvalue weighted by Gasteiger charge is -2.56. The van der Waals surface area contributed by atoms with Crippen molar-refractivity contribution in [3.05, 3.63) is 23.3 Å². The number of Topliss-reactive ketones (excluding diaryl/α,β-unsaturated/α-hetero) is 1. The van der Waals surface area contributed by atoms with E-state index in [1.807, 2.05) is 0 Å². The van der Waals surface area contributed by atoms with E-state index >= 15 is 0 Å². The van der Waals surface area contributed by atoms with Crippen LogP contribution < -0.4 is 5.32 Å². The number of ether oxygens (including phenoxy) is 2. The van der Waals surface area contributed by atoms with Crippen molar-refractivity contribution in [3.8, 4) is 0 Å². The van der Waals surface area contributed by atoms with E-state index in [4.69, 9.17) is 9.47 Å². The van der Waals surface area contributed by atoms with Crippen LogP contribution in [-0.2, 0) is 19.1 Å². The fourth-order valence-corrected chi connectivity index (χ4v) is 7.62. The molecule has 0 radical (unpaired) electrons. The van der Waals surface area contributed by atoms with Crippen LogP contribution in [0.15, 0.2) is 23.3 Å². The second-order valence-electron chi connectivity index (χ2n) is 10.7. The summed E-state index contributed by atoms with van der Waals surface area (Å²) in [4.78, 5) is 36.2. The molecule has 0 aromatic rings. The van der Waals surface area contributed by atoms with Gasteiger partial charge >= 0.3 is 12.1 Å². The summed E-state index contributed by atoms with van der Waals surface area (Å²) in [6, 6.07) is 0. The van der Waals surface area contributed by atoms with Crippen LogP contribution in [0.5, 0.6) is 0 Å². The predicted octanol–water partition coefficient (Wildman–Crippen LogP) is 4.10. The molecule has 0 aromatic carbocycles. The van der Waals surface area contributed by atoms with Gasteiger partial charge in [-0.1, -0.05) is 37.1 Å². The van der Waals surface area contributed by atoms with Gasteiger partial charge in [0.05, 0.1) is 0 Å². The monoisotopic (exact) mass is 427 g/mol. The largest absolute Gasteiger partial charge is 0.458 e. The van der Waals surface area contributed by atoms with Gasteiger partial charge in [0, 0.05) is 43.1 Å². The summed E-state index contributed by atoms with van der Waals surface area (Å²) >= 11 is 0. The van der Waals surface area contributed by atoms with Crippen molar-refractivity contribution in [2.75, 3.05) is 13.7 Å². The second-order valence-corrected chi connectivity index (χ2v) is 10.7. The van der Waals surface area contributed by atoms with E-state index < -0.39 is 6.09 Å². The van der Waals surface area contributed by atoms with E-state index in [1.54, 1.807) is 7.05 Å². The van der Waals surface area contributed by atoms with Crippen LogP contribution in [0.4, 0.5) is 4.79 Å². The standard InChI is InChI=1S/C25H33NO5/c1-23-8-4-17(27)13-16(23)12-15(14-30-22(29)26-3)21-18(23)5-9-24(2)19(21)6-10-25(24)11-7-20(28)31-25/h5,12,15,19,21H,4,6-11,13-14H2,1-3H3,(H,26,29)/t15-,19?,21?,23-,24-,25+/m0/s1. The summed E-state index contributed by atoms with van der Waals surface area (Å²) in [7, 11) is 1.57. The molecule has 5 rings (SSSR count). The van der Waals surface area contributed by atoms with Crippen molar-refractivity contribution >= 4 is 17.8 Å². The molecule has 6 heteroatoms. The van der Waals surface area contributed by atoms with E-state index in [-0.39, 0.29) is 34.2 Å². The number of nitrogens with one attached hydrogen (secondary N) is 1. The number of fused-ring (bicyclic) bond motifs is 6. The Balaban J connectivity index is 1.56. The molecule has 2 saturated carbocycles. The van der Waals surface area contributed by atoms with Crippen molar-refractivity contribution in [2.45, 2.75) is 70.8 Å². The smallest absolute Gasteiger partial charge is 0.406 e. The van der Waals surface area contributed by atoms with Crippen LogP contribution >= 0.6 is 0 Å². The van der Waals surface area contributed by atoms with Gasteiger partial charge in [0.1, 0.15) is 18.0 Å². The highest BCUT2D eigenvalue weighted by Gasteiger charge is 2.66. The van der Waals surface area contributed by atoms with Crippen molar-refractivity contribution in [1.29, 1.82) is 0 Å². The normalized spacial score (nSPS) is 43.4. The summed E-state index contributed by atoms with van der Waals surface area (Å²) in [6.07, 6.45) is 10.3. The maximum atomic E-state index is 12.3. The lowest BCUT2D eigenvalue weighted by molar-refractivity contribution is -0.160. The molecular formula is C25H33NO5. The van der Waals surface area contributed by atoms with Crippen LogP contribution in [-0.4, -0.2) is 37.1 Å². The summed E-state index contributed by atoms with van der Waals surface area (Å²) in [6.45, 7) is 4.90. The molecule has 3 fully saturated rings. The van der Waals surface area contributed by atoms with Crippen LogP contribution in [0, 0.1) is 28.6 Å². The number of alkyl carbamates (subject to hydrolysis) is 1. The van der Waals surface area contributed by atoms with Crippen molar-refractivity contribution in [2.24, 2.45) is 28.6 Å². The van der Waals surface area contributed by atoms with Gasteiger partial charge in [-0.3, -0.25) is 9.59 Å². The molecule has 0 bridgehead atoms. The Hall–Kier alpha value is -2.11. The third kappa shape index (κ3) is 2.86. The number of carbonyl (C=O) groups excluding carboxylic acids is 3. The van der Waals surface area contributed by atoms with Crippen molar-refractivity contribution in [1.82, 2.24) is 5.32 Å². The summed E-state index contributed by atoms with van der Waals surface area (Å²) in [5.74, 6) is 0.870. The SMILES string of the molecule is CNC(=O)OC[C@@H]1C=C2CC(=O)CC[C@]2(C)C2=CC[C@@]3(C)C(CC[C@@]34CCC(=O)O4)C21. The number of hydrogen-bond acceptors (Lipinski definition) is 5. The molecule has 2 unspecified atom stereocenters. The average Bonchev–Trinajstić information content (AvgIpc) is 3.27. The Morgan fingerprint density at radius 1 is 1.23 bits per heavy atom. The Morgan fingerprint density at radius 2 is 2.03 bits per heavy atom. The zero-order valence-electron chi connectivity index (χ0n) is 18.8. The van der Waals surface area contributed by atoms with Gasteiger partial charge in [0.2, 0.25) is 0 Å². The summed E-state index contributed by atoms with van der Waals surface area (Å²) in [5, 5.41) is 2.54. The highest BCUT2D eigenvalue weighted by molar-refractivity contribution is 5.83. The lowest BCUT2D eigenvalue weighted by Crippen LogP contribution is -2.52. The molecule has 1 heterocycles. The molecule has 5 aliphatic rings. The average molecular weight is 428 g/mol. The third-order valence-corrected chi connectivity index (χ3v) is 9.42. The maximum Gasteiger partial charge on any atom is 0.406 e. The van der Waals surface area contributed by atoms with Gasteiger partial charge in [-0.15, -0.1) is 0 Å². The van der Waals surface area contributed by atoms with Gasteiger partial charge in [0.15, 0.2) is 0 Å². The highest BCUT2D eigenvalue weighted by Crippen LogP contribution is 2.68. The van der Waals surface area contributed by atoms with E-state index in [9.17, 15) is 14.4 Å². The fraction of sp³-hybridized carbons (Fsp3) is 0.720. The number of amides is 1. The van der Waals surface area contributed by atoms with Gasteiger partial charge in [-0.25, -0.2) is 4.79 Å². The number of ketones is 1. The Bertz CT molecular complexity index is 906. The second kappa shape index (κ2) is 6.94. The van der Waals surface area contributed by atoms with Crippen molar-refractivity contribution < 1.29 is 23.9 Å². The minimum atomic E-state index is -0.428. The first-order chi connectivity index (χ1) is 14.7. The number of rotatable bonds is 2. The number of allylic oxidation sites excluding steroid dienone is 3. The lowest BCUT2D eigenvalue weighted by atomic mass is 9.49. The molecule has 31 heavy (non-hydrogen) atoms. The molecule has 168 valence electrons. The zero-order valence-corrected chi connectivity index (χ0v) is 18.8. The molecule has 1 amide bonds. The molecule has 4 aliphatic carbocycles. The van der Waals surface area contributed by atoms with Crippen molar-refractivity contribution in [3.63, 3.8) is 0 Å². The highest BCUT2D eigenvalue weighted by atomic mass is 16.6. The van der Waals surface area contributed by atoms with E-state index in [2.05, 4.69) is 31.3 Å². The van der Waals surface area contributed by atoms with Gasteiger partial charge in [-0.2, -0.15) is 0 Å². The molecule has 6 atom stereocenters. The van der Waals surface area contributed by atoms with Crippen LogP contribution in [0.25, 0.3) is 0 Å². The first-order valence-electron chi connectivity index (χ1n) is 11.7. The van der Waals surface area contributed by atoms with Crippen LogP contribution in [0.3, 0.4) is 0 Å². The maximum absolute atomic E-state index is 12.3. The molecule has 0 aromatic heterocycles. The number of hydrogen-bond donors (Lipinski definition) is 1. The Labute approximate surface area is 183 Å². The molecule has 1 spiro atoms. The predicted molar refractivity (Wildman–Crippen MR) is 114 cm³/mol. The topological polar surface area (TPSA) is 81.7 Å². The fourth-order valence-electron chi connectivity index (χ4n) is 7.62. The molecular weight excluding hydrogens is 394 g/mol. The first-order valence-corrected chi connectivity index (χ1v) is 11.7. The molecule has 1 saturated heterocycles. The molecule has 1 N–H and O–H groups in total. The first kappa shape index (κ1) is 20.8. The van der Waals surface area contributed by atoms with Crippen LogP contribution in [0.1, 0.15) is 65.2 Å². The van der Waals surface area contributed by atoms with E-state index in [1.165, 1.54) is 11.1 Å². The quantitative estimate of drug-likeness (QED) is 0.530. The number of carbonyl (C=O) groups is 3. The summed E-state index contributed by atoms with van der Waals surface area (Å²) < 4.78 is 11.6. The van der Waals surface area contributed by atoms with Crippen LogP contribution in [0.2, 0.25) is 0 Å². The summed E-state index contributed by atoms with van der Waals surface area (Å²) in [5.41, 5.74) is 2.06. The van der Waals surface area contributed by atoms with E-state index in [0.29, 0.717) is 37.6 Å². The minimum Gasteiger partial charge on any atom is -0.458 e. The third-order valence-electron chi connectivity index (χ3n) is 9.42. The Morgan fingerprint density at radius 3 is 2.74 bits per heavy atom. The zero-order chi connectivity index (χ0) is 22.0. The molecule has 6 nitrogen and oxygen atoms in total. The number of esters is 1. The molecule has 1 aliphatic heterocycles. The Kier molecular flexibility index (Phi) is 4.65.